The lowest BCUT2D eigenvalue weighted by molar-refractivity contribution is 0.103. The lowest BCUT2D eigenvalue weighted by Crippen LogP contribution is -2.12. The first-order valence-corrected chi connectivity index (χ1v) is 9.06. The quantitative estimate of drug-likeness (QED) is 0.539. The summed E-state index contributed by atoms with van der Waals surface area (Å²) in [6, 6.07) is 12.1. The van der Waals surface area contributed by atoms with E-state index in [0.717, 1.165) is 29.1 Å². The zero-order valence-electron chi connectivity index (χ0n) is 13.5. The van der Waals surface area contributed by atoms with Crippen molar-refractivity contribution in [3.8, 4) is 5.75 Å². The SMILES string of the molecule is CCCCOc1ccc(/C=C2\CSc3ccc(F)cc3C2=O)cc1. The molecular formula is C20H19FO2S. The predicted octanol–water partition coefficient (Wildman–Crippen LogP) is 5.38. The van der Waals surface area contributed by atoms with Gasteiger partial charge in [0.1, 0.15) is 11.6 Å². The average molecular weight is 342 g/mol. The minimum absolute atomic E-state index is 0.0912. The molecule has 0 saturated heterocycles. The maximum atomic E-state index is 13.4. The molecule has 0 fully saturated rings. The third-order valence-electron chi connectivity index (χ3n) is 3.85. The van der Waals surface area contributed by atoms with Gasteiger partial charge in [0.05, 0.1) is 6.61 Å². The molecule has 1 aliphatic rings. The van der Waals surface area contributed by atoms with Crippen molar-refractivity contribution in [1.29, 1.82) is 0 Å². The second-order valence-corrected chi connectivity index (χ2v) is 6.72. The monoisotopic (exact) mass is 342 g/mol. The maximum absolute atomic E-state index is 13.4. The van der Waals surface area contributed by atoms with Crippen molar-refractivity contribution in [3.05, 3.63) is 65.0 Å². The molecule has 0 unspecified atom stereocenters. The first-order chi connectivity index (χ1) is 11.7. The number of hydrogen-bond acceptors (Lipinski definition) is 3. The Morgan fingerprint density at radius 1 is 1.21 bits per heavy atom. The van der Waals surface area contributed by atoms with Crippen LogP contribution in [-0.4, -0.2) is 18.1 Å². The topological polar surface area (TPSA) is 26.3 Å². The summed E-state index contributed by atoms with van der Waals surface area (Å²) < 4.78 is 19.0. The number of ketones is 1. The number of rotatable bonds is 5. The highest BCUT2D eigenvalue weighted by molar-refractivity contribution is 7.99. The molecule has 0 bridgehead atoms. The van der Waals surface area contributed by atoms with E-state index in [1.54, 1.807) is 17.8 Å². The maximum Gasteiger partial charge on any atom is 0.191 e. The van der Waals surface area contributed by atoms with Crippen LogP contribution in [0, 0.1) is 5.82 Å². The van der Waals surface area contributed by atoms with E-state index in [9.17, 15) is 9.18 Å². The number of Topliss-reactive ketones (excluding diaryl/α,β-unsaturated/α-hetero) is 1. The number of hydrogen-bond donors (Lipinski definition) is 0. The van der Waals surface area contributed by atoms with E-state index < -0.39 is 0 Å². The summed E-state index contributed by atoms with van der Waals surface area (Å²) in [6.07, 6.45) is 4.01. The van der Waals surface area contributed by atoms with E-state index in [-0.39, 0.29) is 11.6 Å². The Morgan fingerprint density at radius 2 is 2.00 bits per heavy atom. The van der Waals surface area contributed by atoms with Crippen molar-refractivity contribution in [2.24, 2.45) is 0 Å². The van der Waals surface area contributed by atoms with Gasteiger partial charge in [-0.25, -0.2) is 4.39 Å². The minimum atomic E-state index is -0.377. The molecule has 0 aromatic heterocycles. The van der Waals surface area contributed by atoms with E-state index in [2.05, 4.69) is 6.92 Å². The molecule has 1 heterocycles. The predicted molar refractivity (Wildman–Crippen MR) is 96.3 cm³/mol. The van der Waals surface area contributed by atoms with Gasteiger partial charge >= 0.3 is 0 Å². The van der Waals surface area contributed by atoms with Gasteiger partial charge in [-0.15, -0.1) is 11.8 Å². The van der Waals surface area contributed by atoms with Crippen LogP contribution in [-0.2, 0) is 0 Å². The van der Waals surface area contributed by atoms with Crippen molar-refractivity contribution >= 4 is 23.6 Å². The minimum Gasteiger partial charge on any atom is -0.494 e. The third-order valence-corrected chi connectivity index (χ3v) is 4.97. The number of benzene rings is 2. The van der Waals surface area contributed by atoms with Crippen molar-refractivity contribution in [2.75, 3.05) is 12.4 Å². The molecule has 0 amide bonds. The van der Waals surface area contributed by atoms with Crippen LogP contribution in [0.3, 0.4) is 0 Å². The van der Waals surface area contributed by atoms with Crippen LogP contribution in [0.5, 0.6) is 5.75 Å². The second-order valence-electron chi connectivity index (χ2n) is 5.70. The van der Waals surface area contributed by atoms with E-state index in [1.807, 2.05) is 30.3 Å². The van der Waals surface area contributed by atoms with Crippen molar-refractivity contribution in [3.63, 3.8) is 0 Å². The summed E-state index contributed by atoms with van der Waals surface area (Å²) in [4.78, 5) is 13.4. The Morgan fingerprint density at radius 3 is 2.75 bits per heavy atom. The summed E-state index contributed by atoms with van der Waals surface area (Å²) in [5.41, 5.74) is 2.09. The fourth-order valence-electron chi connectivity index (χ4n) is 2.50. The molecule has 0 spiro atoms. The fourth-order valence-corrected chi connectivity index (χ4v) is 3.50. The molecule has 2 aromatic carbocycles. The molecule has 1 aliphatic heterocycles. The molecule has 24 heavy (non-hydrogen) atoms. The number of carbonyl (C=O) groups is 1. The van der Waals surface area contributed by atoms with Gasteiger partial charge in [0, 0.05) is 21.8 Å². The molecule has 124 valence electrons. The van der Waals surface area contributed by atoms with Gasteiger partial charge in [-0.3, -0.25) is 4.79 Å². The number of fused-ring (bicyclic) bond motifs is 1. The molecule has 2 nitrogen and oxygen atoms in total. The first kappa shape index (κ1) is 16.8. The van der Waals surface area contributed by atoms with Crippen LogP contribution in [0.4, 0.5) is 4.39 Å². The van der Waals surface area contributed by atoms with Crippen molar-refractivity contribution in [2.45, 2.75) is 24.7 Å². The second kappa shape index (κ2) is 7.67. The van der Waals surface area contributed by atoms with E-state index >= 15 is 0 Å². The molecule has 0 atom stereocenters. The van der Waals surface area contributed by atoms with Gasteiger partial charge in [0.25, 0.3) is 0 Å². The van der Waals surface area contributed by atoms with Gasteiger partial charge in [-0.05, 0) is 48.4 Å². The molecule has 4 heteroatoms. The summed E-state index contributed by atoms with van der Waals surface area (Å²) in [5, 5.41) is 0. The van der Waals surface area contributed by atoms with E-state index in [4.69, 9.17) is 4.74 Å². The molecule has 2 aromatic rings. The Bertz CT molecular complexity index is 766. The summed E-state index contributed by atoms with van der Waals surface area (Å²) in [7, 11) is 0. The van der Waals surface area contributed by atoms with Crippen LogP contribution < -0.4 is 4.74 Å². The zero-order valence-corrected chi connectivity index (χ0v) is 14.4. The highest BCUT2D eigenvalue weighted by Gasteiger charge is 2.22. The lowest BCUT2D eigenvalue weighted by Gasteiger charge is -2.17. The average Bonchev–Trinajstić information content (AvgIpc) is 2.59. The standard InChI is InChI=1S/C20H19FO2S/c1-2-3-10-23-17-7-4-14(5-8-17)11-15-13-24-19-9-6-16(21)12-18(19)20(15)22/h4-9,11-12H,2-3,10,13H2,1H3/b15-11+. The van der Waals surface area contributed by atoms with Gasteiger partial charge in [0.2, 0.25) is 0 Å². The Kier molecular flexibility index (Phi) is 5.36. The molecule has 0 saturated carbocycles. The van der Waals surface area contributed by atoms with Crippen molar-refractivity contribution < 1.29 is 13.9 Å². The molecular weight excluding hydrogens is 323 g/mol. The van der Waals surface area contributed by atoms with E-state index in [0.29, 0.717) is 23.5 Å². The highest BCUT2D eigenvalue weighted by Crippen LogP contribution is 2.33. The first-order valence-electron chi connectivity index (χ1n) is 8.08. The van der Waals surface area contributed by atoms with Gasteiger partial charge in [0.15, 0.2) is 5.78 Å². The highest BCUT2D eigenvalue weighted by atomic mass is 32.2. The summed E-state index contributed by atoms with van der Waals surface area (Å²) in [5.74, 6) is 0.970. The van der Waals surface area contributed by atoms with Gasteiger partial charge < -0.3 is 4.74 Å². The van der Waals surface area contributed by atoms with Gasteiger partial charge in [-0.1, -0.05) is 25.5 Å². The van der Waals surface area contributed by atoms with Crippen LogP contribution in [0.25, 0.3) is 6.08 Å². The number of carbonyl (C=O) groups excluding carboxylic acids is 1. The lowest BCUT2D eigenvalue weighted by atomic mass is 10.0. The van der Waals surface area contributed by atoms with Crippen LogP contribution >= 0.6 is 11.8 Å². The fraction of sp³-hybridized carbons (Fsp3) is 0.250. The van der Waals surface area contributed by atoms with Crippen molar-refractivity contribution in [1.82, 2.24) is 0 Å². The Balaban J connectivity index is 1.76. The summed E-state index contributed by atoms with van der Waals surface area (Å²) in [6.45, 7) is 2.84. The molecule has 0 N–H and O–H groups in total. The smallest absolute Gasteiger partial charge is 0.191 e. The Hall–Kier alpha value is -2.07. The molecule has 3 rings (SSSR count). The Labute approximate surface area is 145 Å². The molecule has 0 radical (unpaired) electrons. The zero-order chi connectivity index (χ0) is 16.9. The summed E-state index contributed by atoms with van der Waals surface area (Å²) >= 11 is 1.56. The number of ether oxygens (including phenoxy) is 1. The van der Waals surface area contributed by atoms with E-state index in [1.165, 1.54) is 12.1 Å². The van der Waals surface area contributed by atoms with Crippen LogP contribution in [0.15, 0.2) is 52.9 Å². The van der Waals surface area contributed by atoms with Gasteiger partial charge in [-0.2, -0.15) is 0 Å². The number of thioether (sulfide) groups is 1. The number of halogens is 1. The third kappa shape index (κ3) is 3.88. The normalized spacial score (nSPS) is 15.4. The molecule has 0 aliphatic carbocycles. The number of unbranched alkanes of at least 4 members (excludes halogenated alkanes) is 1. The van der Waals surface area contributed by atoms with Crippen LogP contribution in [0.1, 0.15) is 35.7 Å². The largest absolute Gasteiger partial charge is 0.494 e. The van der Waals surface area contributed by atoms with Crippen LogP contribution in [0.2, 0.25) is 0 Å².